The maximum absolute atomic E-state index is 11.5. The average molecular weight is 251 g/mol. The number of hydrogen-bond acceptors (Lipinski definition) is 3. The first-order valence-corrected chi connectivity index (χ1v) is 5.85. The van der Waals surface area contributed by atoms with Crippen molar-refractivity contribution in [3.05, 3.63) is 30.1 Å². The van der Waals surface area contributed by atoms with Crippen LogP contribution in [0.2, 0.25) is 0 Å². The molecule has 5 nitrogen and oxygen atoms in total. The van der Waals surface area contributed by atoms with Gasteiger partial charge in [-0.3, -0.25) is 4.79 Å². The minimum Gasteiger partial charge on any atom is -0.478 e. The maximum atomic E-state index is 11.5. The van der Waals surface area contributed by atoms with Gasteiger partial charge in [0, 0.05) is 18.0 Å². The van der Waals surface area contributed by atoms with E-state index in [1.807, 2.05) is 6.92 Å². The third-order valence-corrected chi connectivity index (χ3v) is 2.32. The fourth-order valence-electron chi connectivity index (χ4n) is 1.39. The third-order valence-electron chi connectivity index (χ3n) is 2.32. The van der Waals surface area contributed by atoms with Crippen LogP contribution in [-0.4, -0.2) is 28.2 Å². The van der Waals surface area contributed by atoms with Gasteiger partial charge in [-0.2, -0.15) is 0 Å². The highest BCUT2D eigenvalue weighted by molar-refractivity contribution is 5.85. The van der Waals surface area contributed by atoms with Crippen molar-refractivity contribution in [3.8, 4) is 0 Å². The quantitative estimate of drug-likeness (QED) is 0.456. The Bertz CT molecular complexity index is 434. The fraction of sp³-hybridized carbons (Fsp3) is 0.385. The lowest BCUT2D eigenvalue weighted by Gasteiger charge is -2.06. The molecule has 0 aromatic carbocycles. The second-order valence-electron chi connectivity index (χ2n) is 3.81. The Kier molecular flexibility index (Phi) is 5.70. The van der Waals surface area contributed by atoms with Gasteiger partial charge in [0.15, 0.2) is 0 Å². The van der Waals surface area contributed by atoms with Crippen molar-refractivity contribution in [2.24, 2.45) is 0 Å². The topological polar surface area (TPSA) is 68.5 Å². The number of aromatic nitrogens is 1. The fourth-order valence-corrected chi connectivity index (χ4v) is 1.39. The molecule has 5 heteroatoms. The van der Waals surface area contributed by atoms with E-state index in [1.165, 1.54) is 6.08 Å². The molecule has 18 heavy (non-hydrogen) atoms. The first kappa shape index (κ1) is 14.0. The summed E-state index contributed by atoms with van der Waals surface area (Å²) in [5.74, 6) is -1.34. The molecule has 1 rings (SSSR count). The molecule has 1 N–H and O–H groups in total. The van der Waals surface area contributed by atoms with Crippen molar-refractivity contribution in [2.45, 2.75) is 26.3 Å². The zero-order valence-corrected chi connectivity index (χ0v) is 10.3. The lowest BCUT2D eigenvalue weighted by molar-refractivity contribution is -0.144. The minimum absolute atomic E-state index is 0.0933. The summed E-state index contributed by atoms with van der Waals surface area (Å²) in [4.78, 5) is 21.9. The van der Waals surface area contributed by atoms with Crippen molar-refractivity contribution in [3.63, 3.8) is 0 Å². The van der Waals surface area contributed by atoms with E-state index in [2.05, 4.69) is 0 Å². The normalized spacial score (nSPS) is 10.7. The standard InChI is InChI=1S/C13H17NO4/c1-2-3-9-18-13(17)10-14-8-4-5-11(14)6-7-12(15)16/h4-8H,2-3,9-10H2,1H3,(H,15,16)/b7-6+. The van der Waals surface area contributed by atoms with Crippen LogP contribution in [0.3, 0.4) is 0 Å². The molecule has 0 saturated carbocycles. The number of carbonyl (C=O) groups excluding carboxylic acids is 1. The van der Waals surface area contributed by atoms with Crippen molar-refractivity contribution >= 4 is 18.0 Å². The molecule has 1 aromatic heterocycles. The lowest BCUT2D eigenvalue weighted by atomic mass is 10.3. The van der Waals surface area contributed by atoms with Crippen LogP contribution in [0.1, 0.15) is 25.5 Å². The molecule has 0 amide bonds. The molecule has 1 heterocycles. The highest BCUT2D eigenvalue weighted by atomic mass is 16.5. The monoisotopic (exact) mass is 251 g/mol. The molecule has 0 bridgehead atoms. The average Bonchev–Trinajstić information content (AvgIpc) is 2.74. The Labute approximate surface area is 106 Å². The van der Waals surface area contributed by atoms with Gasteiger partial charge in [0.1, 0.15) is 6.54 Å². The number of nitrogens with zero attached hydrogens (tertiary/aromatic N) is 1. The highest BCUT2D eigenvalue weighted by Gasteiger charge is 2.06. The van der Waals surface area contributed by atoms with Gasteiger partial charge in [0.25, 0.3) is 0 Å². The van der Waals surface area contributed by atoms with Gasteiger partial charge in [-0.25, -0.2) is 4.79 Å². The van der Waals surface area contributed by atoms with Crippen LogP contribution in [-0.2, 0) is 20.9 Å². The number of unbranched alkanes of at least 4 members (excludes halogenated alkanes) is 1. The van der Waals surface area contributed by atoms with Crippen molar-refractivity contribution in [2.75, 3.05) is 6.61 Å². The molecule has 1 aromatic rings. The zero-order valence-electron chi connectivity index (χ0n) is 10.3. The van der Waals surface area contributed by atoms with Crippen molar-refractivity contribution in [1.82, 2.24) is 4.57 Å². The summed E-state index contributed by atoms with van der Waals surface area (Å²) < 4.78 is 6.68. The number of rotatable bonds is 7. The van der Waals surface area contributed by atoms with Crippen LogP contribution < -0.4 is 0 Å². The summed E-state index contributed by atoms with van der Waals surface area (Å²) in [5.41, 5.74) is 0.657. The van der Waals surface area contributed by atoms with E-state index in [0.29, 0.717) is 12.3 Å². The second kappa shape index (κ2) is 7.32. The number of aliphatic carboxylic acids is 1. The Morgan fingerprint density at radius 2 is 2.28 bits per heavy atom. The number of carboxylic acids is 1. The molecule has 98 valence electrons. The molecule has 0 unspecified atom stereocenters. The summed E-state index contributed by atoms with van der Waals surface area (Å²) >= 11 is 0. The van der Waals surface area contributed by atoms with Gasteiger partial charge in [-0.1, -0.05) is 13.3 Å². The molecular formula is C13H17NO4. The molecule has 0 spiro atoms. The third kappa shape index (κ3) is 4.86. The smallest absolute Gasteiger partial charge is 0.328 e. The van der Waals surface area contributed by atoms with E-state index in [4.69, 9.17) is 9.84 Å². The SMILES string of the molecule is CCCCOC(=O)Cn1cccc1/C=C/C(=O)O. The number of carboxylic acid groups (broad SMARTS) is 1. The van der Waals surface area contributed by atoms with Crippen LogP contribution in [0.4, 0.5) is 0 Å². The Morgan fingerprint density at radius 1 is 1.50 bits per heavy atom. The molecular weight excluding hydrogens is 234 g/mol. The van der Waals surface area contributed by atoms with Gasteiger partial charge in [-0.05, 0) is 24.6 Å². The van der Waals surface area contributed by atoms with Crippen LogP contribution in [0.25, 0.3) is 6.08 Å². The number of hydrogen-bond donors (Lipinski definition) is 1. The molecule has 0 aliphatic heterocycles. The van der Waals surface area contributed by atoms with Crippen LogP contribution in [0.5, 0.6) is 0 Å². The van der Waals surface area contributed by atoms with E-state index in [-0.39, 0.29) is 12.5 Å². The molecule has 0 atom stereocenters. The first-order chi connectivity index (χ1) is 8.63. The van der Waals surface area contributed by atoms with Crippen molar-refractivity contribution < 1.29 is 19.4 Å². The predicted molar refractivity (Wildman–Crippen MR) is 67.0 cm³/mol. The molecule has 0 radical (unpaired) electrons. The molecule has 0 aliphatic rings. The number of ether oxygens (including phenoxy) is 1. The Balaban J connectivity index is 2.54. The van der Waals surface area contributed by atoms with Crippen LogP contribution in [0.15, 0.2) is 24.4 Å². The van der Waals surface area contributed by atoms with E-state index in [1.54, 1.807) is 22.9 Å². The van der Waals surface area contributed by atoms with Gasteiger partial charge < -0.3 is 14.4 Å². The minimum atomic E-state index is -1.02. The molecule has 0 saturated heterocycles. The summed E-state index contributed by atoms with van der Waals surface area (Å²) in [5, 5.41) is 8.54. The summed E-state index contributed by atoms with van der Waals surface area (Å²) in [6.07, 6.45) is 6.02. The summed E-state index contributed by atoms with van der Waals surface area (Å²) in [7, 11) is 0. The Hall–Kier alpha value is -2.04. The van der Waals surface area contributed by atoms with Crippen molar-refractivity contribution in [1.29, 1.82) is 0 Å². The van der Waals surface area contributed by atoms with Crippen LogP contribution >= 0.6 is 0 Å². The van der Waals surface area contributed by atoms with E-state index in [0.717, 1.165) is 18.9 Å². The van der Waals surface area contributed by atoms with E-state index >= 15 is 0 Å². The number of esters is 1. The van der Waals surface area contributed by atoms with Gasteiger partial charge in [0.05, 0.1) is 6.61 Å². The molecule has 0 aliphatic carbocycles. The maximum Gasteiger partial charge on any atom is 0.328 e. The zero-order chi connectivity index (χ0) is 13.4. The largest absolute Gasteiger partial charge is 0.478 e. The summed E-state index contributed by atoms with van der Waals surface area (Å²) in [6, 6.07) is 3.49. The van der Waals surface area contributed by atoms with E-state index < -0.39 is 5.97 Å². The van der Waals surface area contributed by atoms with Gasteiger partial charge in [0.2, 0.25) is 0 Å². The summed E-state index contributed by atoms with van der Waals surface area (Å²) in [6.45, 7) is 2.54. The highest BCUT2D eigenvalue weighted by Crippen LogP contribution is 2.05. The van der Waals surface area contributed by atoms with E-state index in [9.17, 15) is 9.59 Å². The predicted octanol–water partition coefficient (Wildman–Crippen LogP) is 1.93. The molecule has 0 fully saturated rings. The van der Waals surface area contributed by atoms with Gasteiger partial charge in [-0.15, -0.1) is 0 Å². The first-order valence-electron chi connectivity index (χ1n) is 5.85. The lowest BCUT2D eigenvalue weighted by Crippen LogP contribution is -2.14. The van der Waals surface area contributed by atoms with Gasteiger partial charge >= 0.3 is 11.9 Å². The second-order valence-corrected chi connectivity index (χ2v) is 3.81. The Morgan fingerprint density at radius 3 is 2.94 bits per heavy atom. The number of carbonyl (C=O) groups is 2. The van der Waals surface area contributed by atoms with Crippen LogP contribution in [0, 0.1) is 0 Å².